The zero-order chi connectivity index (χ0) is 18.8. The van der Waals surface area contributed by atoms with E-state index >= 15 is 0 Å². The minimum Gasteiger partial charge on any atom is -0.394 e. The molecule has 1 unspecified atom stereocenters. The molecular weight excluding hydrogens is 359 g/mol. The summed E-state index contributed by atoms with van der Waals surface area (Å²) in [4.78, 5) is 14.2. The fourth-order valence-electron chi connectivity index (χ4n) is 3.31. The summed E-state index contributed by atoms with van der Waals surface area (Å²) in [5.74, 6) is -0.610. The van der Waals surface area contributed by atoms with E-state index in [2.05, 4.69) is 10.4 Å². The van der Waals surface area contributed by atoms with E-state index in [1.165, 1.54) is 12.1 Å². The predicted octanol–water partition coefficient (Wildman–Crippen LogP) is 2.18. The molecule has 1 fully saturated rings. The van der Waals surface area contributed by atoms with Gasteiger partial charge in [0.15, 0.2) is 0 Å². The summed E-state index contributed by atoms with van der Waals surface area (Å²) in [6, 6.07) is 4.07. The lowest BCUT2D eigenvalue weighted by Crippen LogP contribution is -2.38. The third kappa shape index (κ3) is 3.60. The number of aliphatic hydroxyl groups is 1. The fourth-order valence-corrected chi connectivity index (χ4v) is 3.42. The molecule has 0 radical (unpaired) electrons. The summed E-state index contributed by atoms with van der Waals surface area (Å²) in [6.45, 7) is 5.39. The molecule has 1 amide bonds. The number of benzene rings is 1. The molecule has 26 heavy (non-hydrogen) atoms. The highest BCUT2D eigenvalue weighted by Crippen LogP contribution is 2.26. The molecule has 3 rings (SSSR count). The molecule has 0 bridgehead atoms. The van der Waals surface area contributed by atoms with Crippen molar-refractivity contribution in [3.8, 4) is 0 Å². The predicted molar refractivity (Wildman–Crippen MR) is 97.8 cm³/mol. The average molecular weight is 381 g/mol. The number of rotatable bonds is 6. The van der Waals surface area contributed by atoms with Crippen molar-refractivity contribution in [1.29, 1.82) is 0 Å². The number of hydrogen-bond donors (Lipinski definition) is 2. The largest absolute Gasteiger partial charge is 0.394 e. The van der Waals surface area contributed by atoms with E-state index in [1.807, 2.05) is 13.8 Å². The van der Waals surface area contributed by atoms with Crippen LogP contribution in [-0.2, 0) is 17.9 Å². The van der Waals surface area contributed by atoms with Gasteiger partial charge in [0.1, 0.15) is 5.82 Å². The molecule has 140 valence electrons. The van der Waals surface area contributed by atoms with Crippen molar-refractivity contribution >= 4 is 23.2 Å². The SMILES string of the molecule is Cc1nn(CCO)c(C)c1CNC1CCN(c2ccc(Cl)c(F)c2)C1=O. The second kappa shape index (κ2) is 7.73. The lowest BCUT2D eigenvalue weighted by Gasteiger charge is -2.17. The molecule has 0 spiro atoms. The molecule has 1 aromatic heterocycles. The maximum absolute atomic E-state index is 13.7. The van der Waals surface area contributed by atoms with Gasteiger partial charge in [-0.2, -0.15) is 5.10 Å². The van der Waals surface area contributed by atoms with Crippen molar-refractivity contribution in [1.82, 2.24) is 15.1 Å². The number of carbonyl (C=O) groups excluding carboxylic acids is 1. The number of aromatic nitrogens is 2. The number of nitrogens with zero attached hydrogens (tertiary/aromatic N) is 3. The summed E-state index contributed by atoms with van der Waals surface area (Å²) in [5.41, 5.74) is 3.41. The van der Waals surface area contributed by atoms with E-state index in [4.69, 9.17) is 16.7 Å². The minimum atomic E-state index is -0.532. The van der Waals surface area contributed by atoms with E-state index in [-0.39, 0.29) is 23.6 Å². The van der Waals surface area contributed by atoms with Crippen molar-refractivity contribution in [2.24, 2.45) is 0 Å². The number of carbonyl (C=O) groups is 1. The van der Waals surface area contributed by atoms with Gasteiger partial charge in [-0.05, 0) is 38.5 Å². The highest BCUT2D eigenvalue weighted by atomic mass is 35.5. The average Bonchev–Trinajstić information content (AvgIpc) is 3.09. The Balaban J connectivity index is 1.67. The number of halogens is 2. The van der Waals surface area contributed by atoms with E-state index in [0.717, 1.165) is 17.0 Å². The molecule has 1 aliphatic heterocycles. The van der Waals surface area contributed by atoms with Crippen LogP contribution in [0.25, 0.3) is 0 Å². The summed E-state index contributed by atoms with van der Waals surface area (Å²) in [5, 5.41) is 16.8. The fraction of sp³-hybridized carbons (Fsp3) is 0.444. The molecule has 8 heteroatoms. The van der Waals surface area contributed by atoms with E-state index in [0.29, 0.717) is 31.7 Å². The van der Waals surface area contributed by atoms with Crippen molar-refractivity contribution in [2.75, 3.05) is 18.1 Å². The topological polar surface area (TPSA) is 70.4 Å². The van der Waals surface area contributed by atoms with Crippen LogP contribution in [0.1, 0.15) is 23.4 Å². The lowest BCUT2D eigenvalue weighted by atomic mass is 10.1. The first-order chi connectivity index (χ1) is 12.4. The summed E-state index contributed by atoms with van der Waals surface area (Å²) >= 11 is 5.71. The second-order valence-corrected chi connectivity index (χ2v) is 6.81. The second-order valence-electron chi connectivity index (χ2n) is 6.41. The lowest BCUT2D eigenvalue weighted by molar-refractivity contribution is -0.118. The Labute approximate surface area is 156 Å². The first kappa shape index (κ1) is 18.8. The first-order valence-corrected chi connectivity index (χ1v) is 8.93. The van der Waals surface area contributed by atoms with Crippen molar-refractivity contribution in [3.63, 3.8) is 0 Å². The van der Waals surface area contributed by atoms with Crippen LogP contribution < -0.4 is 10.2 Å². The molecule has 2 heterocycles. The van der Waals surface area contributed by atoms with Crippen LogP contribution in [0.15, 0.2) is 18.2 Å². The van der Waals surface area contributed by atoms with Gasteiger partial charge in [0.25, 0.3) is 0 Å². The van der Waals surface area contributed by atoms with Crippen LogP contribution in [0.2, 0.25) is 5.02 Å². The van der Waals surface area contributed by atoms with Crippen LogP contribution in [0.5, 0.6) is 0 Å². The Morgan fingerprint density at radius 2 is 2.19 bits per heavy atom. The molecule has 1 saturated heterocycles. The van der Waals surface area contributed by atoms with Crippen molar-refractivity contribution < 1.29 is 14.3 Å². The number of aryl methyl sites for hydroxylation is 1. The number of nitrogens with one attached hydrogen (secondary N) is 1. The Kier molecular flexibility index (Phi) is 5.60. The van der Waals surface area contributed by atoms with Gasteiger partial charge in [-0.1, -0.05) is 11.6 Å². The smallest absolute Gasteiger partial charge is 0.244 e. The van der Waals surface area contributed by atoms with Crippen LogP contribution >= 0.6 is 11.6 Å². The number of hydrogen-bond acceptors (Lipinski definition) is 4. The van der Waals surface area contributed by atoms with Gasteiger partial charge in [0, 0.05) is 30.0 Å². The Bertz CT molecular complexity index is 824. The van der Waals surface area contributed by atoms with E-state index in [9.17, 15) is 9.18 Å². The number of amides is 1. The molecular formula is C18H22ClFN4O2. The molecule has 0 aliphatic carbocycles. The Hall–Kier alpha value is -1.96. The monoisotopic (exact) mass is 380 g/mol. The minimum absolute atomic E-state index is 0.0303. The van der Waals surface area contributed by atoms with Crippen molar-refractivity contribution in [2.45, 2.75) is 39.4 Å². The first-order valence-electron chi connectivity index (χ1n) is 8.56. The Morgan fingerprint density at radius 1 is 1.42 bits per heavy atom. The van der Waals surface area contributed by atoms with Crippen LogP contribution in [0.4, 0.5) is 10.1 Å². The van der Waals surface area contributed by atoms with Gasteiger partial charge in [-0.15, -0.1) is 0 Å². The maximum atomic E-state index is 13.7. The van der Waals surface area contributed by atoms with Crippen LogP contribution in [0, 0.1) is 19.7 Å². The van der Waals surface area contributed by atoms with Gasteiger partial charge in [0.05, 0.1) is 29.9 Å². The summed E-state index contributed by atoms with van der Waals surface area (Å²) < 4.78 is 15.4. The molecule has 6 nitrogen and oxygen atoms in total. The van der Waals surface area contributed by atoms with Gasteiger partial charge in [-0.3, -0.25) is 9.48 Å². The van der Waals surface area contributed by atoms with E-state index in [1.54, 1.807) is 15.6 Å². The molecule has 1 aromatic carbocycles. The standard InChI is InChI=1S/C18H22ClFN4O2/c1-11-14(12(2)24(22-11)7-8-25)10-21-17-5-6-23(18(17)26)13-3-4-15(19)16(20)9-13/h3-4,9,17,21,25H,5-8,10H2,1-2H3. The highest BCUT2D eigenvalue weighted by molar-refractivity contribution is 6.30. The van der Waals surface area contributed by atoms with Gasteiger partial charge in [0.2, 0.25) is 5.91 Å². The third-order valence-corrected chi connectivity index (χ3v) is 5.10. The number of anilines is 1. The van der Waals surface area contributed by atoms with Gasteiger partial charge >= 0.3 is 0 Å². The summed E-state index contributed by atoms with van der Waals surface area (Å²) in [7, 11) is 0. The molecule has 0 saturated carbocycles. The zero-order valence-electron chi connectivity index (χ0n) is 14.8. The normalized spacial score (nSPS) is 17.3. The molecule has 2 aromatic rings. The number of aliphatic hydroxyl groups excluding tert-OH is 1. The maximum Gasteiger partial charge on any atom is 0.244 e. The van der Waals surface area contributed by atoms with Gasteiger partial charge in [-0.25, -0.2) is 4.39 Å². The quantitative estimate of drug-likeness (QED) is 0.805. The Morgan fingerprint density at radius 3 is 2.88 bits per heavy atom. The molecule has 2 N–H and O–H groups in total. The highest BCUT2D eigenvalue weighted by Gasteiger charge is 2.32. The zero-order valence-corrected chi connectivity index (χ0v) is 15.6. The summed E-state index contributed by atoms with van der Waals surface area (Å²) in [6.07, 6.45) is 0.645. The van der Waals surface area contributed by atoms with Crippen LogP contribution in [-0.4, -0.2) is 40.0 Å². The van der Waals surface area contributed by atoms with Crippen LogP contribution in [0.3, 0.4) is 0 Å². The van der Waals surface area contributed by atoms with Crippen molar-refractivity contribution in [3.05, 3.63) is 46.0 Å². The van der Waals surface area contributed by atoms with Gasteiger partial charge < -0.3 is 15.3 Å². The molecule has 1 atom stereocenters. The molecule has 1 aliphatic rings. The van der Waals surface area contributed by atoms with E-state index < -0.39 is 5.82 Å². The third-order valence-electron chi connectivity index (χ3n) is 4.79.